The Morgan fingerprint density at radius 1 is 0.859 bits per heavy atom. The zero-order valence-corrected chi connectivity index (χ0v) is 38.5. The predicted molar refractivity (Wildman–Crippen MR) is 249 cm³/mol. The second kappa shape index (κ2) is 15.2. The van der Waals surface area contributed by atoms with Crippen LogP contribution in [-0.2, 0) is 39.1 Å². The molecule has 3 spiro atoms. The normalized spacial score (nSPS) is 41.5. The lowest BCUT2D eigenvalue weighted by Gasteiger charge is -2.72. The lowest BCUT2D eigenvalue weighted by molar-refractivity contribution is -0.278. The van der Waals surface area contributed by atoms with E-state index in [9.17, 15) is 4.79 Å². The highest BCUT2D eigenvalue weighted by molar-refractivity contribution is 6.00. The minimum Gasteiger partial charge on any atom is -0.449 e. The molecule has 0 aromatic heterocycles. The Balaban J connectivity index is 1.06. The number of esters is 2. The molecular weight excluding hydrogens is 791 g/mol. The first-order valence-electron chi connectivity index (χ1n) is 26.3. The van der Waals surface area contributed by atoms with Gasteiger partial charge in [-0.2, -0.15) is 0 Å². The van der Waals surface area contributed by atoms with Gasteiger partial charge in [-0.15, -0.1) is 0 Å². The summed E-state index contributed by atoms with van der Waals surface area (Å²) in [6.07, 6.45) is 25.5. The predicted octanol–water partition coefficient (Wildman–Crippen LogP) is 10.2. The van der Waals surface area contributed by atoms with E-state index in [1.807, 2.05) is 0 Å². The molecule has 7 nitrogen and oxygen atoms in total. The molecular formula is C57H71N3O4. The van der Waals surface area contributed by atoms with E-state index >= 15 is 4.79 Å². The highest BCUT2D eigenvalue weighted by Gasteiger charge is 2.92. The van der Waals surface area contributed by atoms with Crippen LogP contribution in [0.1, 0.15) is 142 Å². The van der Waals surface area contributed by atoms with E-state index in [1.54, 1.807) is 11.3 Å². The summed E-state index contributed by atoms with van der Waals surface area (Å²) in [5, 5.41) is 0. The molecule has 2 aromatic carbocycles. The molecule has 6 aliphatic carbocycles. The number of piperidine rings is 2. The summed E-state index contributed by atoms with van der Waals surface area (Å²) in [4.78, 5) is 36.9. The van der Waals surface area contributed by atoms with Crippen LogP contribution < -0.4 is 5.73 Å². The second-order valence-electron chi connectivity index (χ2n) is 23.2. The van der Waals surface area contributed by atoms with Gasteiger partial charge >= 0.3 is 11.9 Å². The van der Waals surface area contributed by atoms with Gasteiger partial charge in [0.25, 0.3) is 0 Å². The molecule has 0 amide bonds. The first kappa shape index (κ1) is 40.6. The molecule has 7 heteroatoms. The number of ether oxygens (including phenoxy) is 2. The van der Waals surface area contributed by atoms with Gasteiger partial charge in [-0.3, -0.25) is 9.69 Å². The fourth-order valence-electron chi connectivity index (χ4n) is 18.0. The van der Waals surface area contributed by atoms with Crippen molar-refractivity contribution in [2.45, 2.75) is 141 Å². The lowest BCUT2D eigenvalue weighted by Crippen LogP contribution is -2.77. The summed E-state index contributed by atoms with van der Waals surface area (Å²) < 4.78 is 14.5. The van der Waals surface area contributed by atoms with Gasteiger partial charge in [0.1, 0.15) is 11.2 Å². The summed E-state index contributed by atoms with van der Waals surface area (Å²) in [6.45, 7) is 7.76. The van der Waals surface area contributed by atoms with Crippen molar-refractivity contribution in [1.82, 2.24) is 9.80 Å². The number of carbonyl (C=O) groups is 2. The number of carbonyl (C=O) groups excluding carboxylic acids is 2. The van der Waals surface area contributed by atoms with Gasteiger partial charge in [0.15, 0.2) is 5.60 Å². The maximum absolute atomic E-state index is 16.1. The third-order valence-corrected chi connectivity index (χ3v) is 20.1. The van der Waals surface area contributed by atoms with Gasteiger partial charge in [0.2, 0.25) is 0 Å². The molecule has 64 heavy (non-hydrogen) atoms. The molecule has 8 heterocycles. The molecule has 5 fully saturated rings. The van der Waals surface area contributed by atoms with E-state index in [0.29, 0.717) is 48.1 Å². The number of allylic oxidation sites excluding steroid dienone is 2. The summed E-state index contributed by atoms with van der Waals surface area (Å²) in [7, 11) is 0. The Morgan fingerprint density at radius 3 is 2.52 bits per heavy atom. The summed E-state index contributed by atoms with van der Waals surface area (Å²) in [6, 6.07) is 16.4. The minimum atomic E-state index is -0.967. The molecule has 3 saturated heterocycles. The van der Waals surface area contributed by atoms with Crippen LogP contribution >= 0.6 is 0 Å². The maximum Gasteiger partial charge on any atom is 0.339 e. The van der Waals surface area contributed by atoms with Crippen LogP contribution in [0.15, 0.2) is 77.2 Å². The quantitative estimate of drug-likeness (QED) is 0.237. The van der Waals surface area contributed by atoms with E-state index in [-0.39, 0.29) is 17.9 Å². The van der Waals surface area contributed by atoms with Gasteiger partial charge in [-0.05, 0) is 148 Å². The minimum absolute atomic E-state index is 0.0367. The third-order valence-electron chi connectivity index (χ3n) is 20.1. The number of fused-ring (bicyclic) bond motifs is 7. The van der Waals surface area contributed by atoms with Crippen LogP contribution in [0.25, 0.3) is 0 Å². The second-order valence-corrected chi connectivity index (χ2v) is 23.2. The molecule has 16 rings (SSSR count). The molecule has 1 unspecified atom stereocenters. The average molecular weight is 862 g/mol. The molecule has 338 valence electrons. The first-order chi connectivity index (χ1) is 31.3. The summed E-state index contributed by atoms with van der Waals surface area (Å²) >= 11 is 0. The molecule has 2 N–H and O–H groups in total. The van der Waals surface area contributed by atoms with Crippen molar-refractivity contribution in [2.24, 2.45) is 63.9 Å². The van der Waals surface area contributed by atoms with Crippen molar-refractivity contribution in [1.29, 1.82) is 0 Å². The highest BCUT2D eigenvalue weighted by atomic mass is 16.6. The Bertz CT molecular complexity index is 2340. The van der Waals surface area contributed by atoms with Crippen LogP contribution in [0, 0.1) is 58.2 Å². The molecule has 8 aliphatic heterocycles. The van der Waals surface area contributed by atoms with Gasteiger partial charge in [-0.1, -0.05) is 105 Å². The zero-order chi connectivity index (χ0) is 43.0. The number of benzene rings is 2. The van der Waals surface area contributed by atoms with Crippen LogP contribution in [0.3, 0.4) is 0 Å². The molecule has 12 atom stereocenters. The maximum atomic E-state index is 16.1. The van der Waals surface area contributed by atoms with E-state index < -0.39 is 16.4 Å². The average Bonchev–Trinajstić information content (AvgIpc) is 3.75. The van der Waals surface area contributed by atoms with E-state index in [4.69, 9.17) is 15.2 Å². The van der Waals surface area contributed by atoms with Gasteiger partial charge in [0.05, 0.1) is 11.0 Å². The van der Waals surface area contributed by atoms with Crippen LogP contribution in [0.4, 0.5) is 0 Å². The number of rotatable bonds is 5. The standard InChI is InChI=1S/C57H71N3O4/c1-35-19-21-47-52-44-23-24-55-49(22-20-43(29-37-10-3-2-4-11-37)59-31-39-27-40(32-59)34-60(47)33-39)63-54(62)56(55)46(44)30-42(50(35)52)28-38-14-7-13-36(26-38)12-5-6-18-48(56)57(55)45-17-8-15-41(16-9-25-58)51(45)53(61)64-57/h7-8,13-15,17,21-22,26,35,37,39-40,42-43,48,50,52H,2-6,9-12,16,18-20,23-25,27-34,58H2,1H3/b49-22-/t35-,39-,40+,42-,43-,48-,50+,52-,55+,56-,57+/m0/s1. The highest BCUT2D eigenvalue weighted by Crippen LogP contribution is 2.87. The lowest BCUT2D eigenvalue weighted by atomic mass is 9.28. The molecule has 13 bridgehead atoms. The Morgan fingerprint density at radius 2 is 1.67 bits per heavy atom. The number of hydrogen-bond acceptors (Lipinski definition) is 7. The fourth-order valence-corrected chi connectivity index (χ4v) is 18.0. The van der Waals surface area contributed by atoms with E-state index in [2.05, 4.69) is 71.3 Å². The number of nitrogens with zero attached hydrogens (tertiary/aromatic N) is 2. The van der Waals surface area contributed by atoms with Crippen LogP contribution in [0.5, 0.6) is 0 Å². The van der Waals surface area contributed by atoms with Crippen molar-refractivity contribution in [2.75, 3.05) is 32.7 Å². The van der Waals surface area contributed by atoms with Crippen molar-refractivity contribution in [3.63, 3.8) is 0 Å². The molecule has 2 saturated carbocycles. The number of aryl methyl sites for hydroxylation is 2. The van der Waals surface area contributed by atoms with Gasteiger partial charge in [-0.25, -0.2) is 4.79 Å². The molecule has 14 aliphatic rings. The Labute approximate surface area is 381 Å². The Kier molecular flexibility index (Phi) is 9.62. The summed E-state index contributed by atoms with van der Waals surface area (Å²) in [5.41, 5.74) is 13.8. The zero-order valence-electron chi connectivity index (χ0n) is 38.5. The SMILES string of the molecule is C[C@H]1CC=C2[C@@H]3C4=C5C[C@H](Cc6cccc(c6)CCCC[C@H]6[C@]57C(=O)O/C(=C\C[C@@H](CC5CCCCC5)N5C[C@@H]8C[C@@H](CN2C8)C5)[C@@]7(CC4)[C@]62OC(=O)c4c(CCCN)cccc42)[C@H]31. The monoisotopic (exact) mass is 862 g/mol. The third kappa shape index (κ3) is 5.52. The van der Waals surface area contributed by atoms with Crippen LogP contribution in [0.2, 0.25) is 0 Å². The van der Waals surface area contributed by atoms with Crippen LogP contribution in [-0.4, -0.2) is 60.5 Å². The summed E-state index contributed by atoms with van der Waals surface area (Å²) in [5.74, 6) is 4.28. The topological polar surface area (TPSA) is 85.1 Å². The Hall–Kier alpha value is -3.68. The fraction of sp³-hybridized carbons (Fsp3) is 0.649. The largest absolute Gasteiger partial charge is 0.449 e. The number of nitrogens with two attached hydrogens (primary N) is 1. The van der Waals surface area contributed by atoms with Crippen molar-refractivity contribution in [3.8, 4) is 0 Å². The molecule has 0 radical (unpaired) electrons. The van der Waals surface area contributed by atoms with Gasteiger partial charge < -0.3 is 20.1 Å². The molecule has 2 aromatic rings. The van der Waals surface area contributed by atoms with Crippen molar-refractivity contribution >= 4 is 11.9 Å². The number of hydrogen-bond donors (Lipinski definition) is 1. The van der Waals surface area contributed by atoms with Crippen molar-refractivity contribution in [3.05, 3.63) is 105 Å². The van der Waals surface area contributed by atoms with Gasteiger partial charge in [0, 0.05) is 55.3 Å². The van der Waals surface area contributed by atoms with E-state index in [1.165, 1.54) is 61.6 Å². The smallest absolute Gasteiger partial charge is 0.339 e. The van der Waals surface area contributed by atoms with E-state index in [0.717, 1.165) is 132 Å². The van der Waals surface area contributed by atoms with Crippen molar-refractivity contribution < 1.29 is 19.1 Å². The first-order valence-corrected chi connectivity index (χ1v) is 26.3.